The largest absolute Gasteiger partial charge is 0.155 e. The molecule has 10 aromatic carbocycles. The smallest absolute Gasteiger partial charge is 0.0624 e. The molecule has 0 bridgehead atoms. The fourth-order valence-electron chi connectivity index (χ4n) is 18.0. The van der Waals surface area contributed by atoms with Crippen molar-refractivity contribution in [1.29, 1.82) is 0 Å². The van der Waals surface area contributed by atoms with Gasteiger partial charge in [0.05, 0.1) is 0 Å². The zero-order valence-corrected chi connectivity index (χ0v) is 46.1. The first kappa shape index (κ1) is 45.5. The van der Waals surface area contributed by atoms with Crippen molar-refractivity contribution < 1.29 is 0 Å². The molecule has 0 amide bonds. The summed E-state index contributed by atoms with van der Waals surface area (Å²) in [4.78, 5) is 0. The predicted octanol–water partition coefficient (Wildman–Crippen LogP) is 15.0. The lowest BCUT2D eigenvalue weighted by Gasteiger charge is -2.54. The van der Waals surface area contributed by atoms with E-state index >= 15 is 0 Å². The highest BCUT2D eigenvalue weighted by atomic mass is 28.3. The Kier molecular flexibility index (Phi) is 9.91. The van der Waals surface area contributed by atoms with Gasteiger partial charge in [0.1, 0.15) is 0 Å². The quantitative estimate of drug-likeness (QED) is 0.115. The van der Waals surface area contributed by atoms with Gasteiger partial charge in [-0.15, -0.1) is 0 Å². The van der Waals surface area contributed by atoms with Gasteiger partial charge in [0, 0.05) is 0 Å². The van der Waals surface area contributed by atoms with E-state index in [0.29, 0.717) is 0 Å². The van der Waals surface area contributed by atoms with Crippen LogP contribution in [0.5, 0.6) is 0 Å². The Hall–Kier alpha value is -6.85. The molecule has 0 spiro atoms. The number of hydrogen-bond acceptors (Lipinski definition) is 0. The number of fused-ring (bicyclic) bond motifs is 14. The summed E-state index contributed by atoms with van der Waals surface area (Å²) in [5, 5.41) is 15.3. The number of hydrogen-bond donors (Lipinski definition) is 0. The lowest BCUT2D eigenvalue weighted by molar-refractivity contribution is 0.241. The number of rotatable bonds is 6. The fourth-order valence-corrected chi connectivity index (χ4v) is 31.8. The summed E-state index contributed by atoms with van der Waals surface area (Å²) in [6.07, 6.45) is 11.1. The van der Waals surface area contributed by atoms with Gasteiger partial charge in [-0.1, -0.05) is 266 Å². The highest BCUT2D eigenvalue weighted by molar-refractivity contribution is 7.15. The van der Waals surface area contributed by atoms with Crippen molar-refractivity contribution in [3.8, 4) is 33.4 Å². The maximum Gasteiger partial charge on any atom is 0.155 e. The second-order valence-electron chi connectivity index (χ2n) is 24.4. The Bertz CT molecular complexity index is 3860. The molecule has 0 N–H and O–H groups in total. The van der Waals surface area contributed by atoms with Crippen LogP contribution in [0.2, 0.25) is 10.1 Å². The molecule has 0 aromatic heterocycles. The average Bonchev–Trinajstić information content (AvgIpc) is 4.04. The summed E-state index contributed by atoms with van der Waals surface area (Å²) in [7, 11) is -4.96. The molecule has 0 saturated heterocycles. The van der Waals surface area contributed by atoms with Crippen LogP contribution < -0.4 is 31.1 Å². The van der Waals surface area contributed by atoms with Crippen molar-refractivity contribution in [2.75, 3.05) is 0 Å². The molecule has 3 aliphatic carbocycles. The maximum absolute atomic E-state index is 2.70. The van der Waals surface area contributed by atoms with Crippen LogP contribution in [-0.2, 0) is 17.3 Å². The molecule has 75 heavy (non-hydrogen) atoms. The first-order chi connectivity index (χ1) is 36.7. The molecule has 2 heterocycles. The van der Waals surface area contributed by atoms with E-state index in [0.717, 1.165) is 6.42 Å². The molecule has 366 valence electrons. The van der Waals surface area contributed by atoms with Crippen molar-refractivity contribution in [1.82, 2.24) is 0 Å². The summed E-state index contributed by atoms with van der Waals surface area (Å²) >= 11 is 0. The van der Waals surface area contributed by atoms with Gasteiger partial charge in [0.15, 0.2) is 16.1 Å². The lowest BCUT2D eigenvalue weighted by atomic mass is 9.64. The van der Waals surface area contributed by atoms with Gasteiger partial charge in [0.2, 0.25) is 0 Å². The van der Waals surface area contributed by atoms with E-state index in [9.17, 15) is 0 Å². The first-order valence-electron chi connectivity index (χ1n) is 28.3. The third kappa shape index (κ3) is 5.78. The lowest BCUT2D eigenvalue weighted by Crippen LogP contribution is -2.72. The summed E-state index contributed by atoms with van der Waals surface area (Å²) in [6, 6.07) is 86.6. The van der Waals surface area contributed by atoms with Crippen molar-refractivity contribution >= 4 is 68.8 Å². The maximum atomic E-state index is 2.70. The van der Waals surface area contributed by atoms with Crippen LogP contribution in [0.15, 0.2) is 218 Å². The topological polar surface area (TPSA) is 0 Å². The van der Waals surface area contributed by atoms with Gasteiger partial charge in [-0.05, 0) is 167 Å². The zero-order chi connectivity index (χ0) is 50.4. The van der Waals surface area contributed by atoms with Crippen molar-refractivity contribution in [3.05, 3.63) is 241 Å². The molecule has 2 heteroatoms. The molecule has 4 atom stereocenters. The van der Waals surface area contributed by atoms with E-state index in [2.05, 4.69) is 246 Å². The average molecular weight is 1000 g/mol. The molecule has 10 aromatic rings. The van der Waals surface area contributed by atoms with Crippen LogP contribution in [0, 0.1) is 0 Å². The second kappa shape index (κ2) is 16.3. The third-order valence-corrected chi connectivity index (χ3v) is 33.9. The van der Waals surface area contributed by atoms with E-state index in [1.165, 1.54) is 117 Å². The highest BCUT2D eigenvalue weighted by Crippen LogP contribution is 2.67. The molecule has 2 fully saturated rings. The Morgan fingerprint density at radius 3 is 1.23 bits per heavy atom. The van der Waals surface area contributed by atoms with Crippen LogP contribution >= 0.6 is 0 Å². The molecule has 4 unspecified atom stereocenters. The van der Waals surface area contributed by atoms with Crippen LogP contribution in [0.1, 0.15) is 101 Å². The Morgan fingerprint density at radius 2 is 0.733 bits per heavy atom. The molecule has 5 aliphatic rings. The SMILES string of the molecule is CC12CCCCC1(C)[Si](c1ccccc1)(c1ccccc1)c1ccc(-c3ccc4c(c3)Cc3c-4c4ccccc4c4cc(-c5ccc6c(c5)C5(C)CCCCC5(C)[Si]6(c5ccccc5)c5ccccc5)ccc34)cc12. The van der Waals surface area contributed by atoms with Gasteiger partial charge in [0.25, 0.3) is 0 Å². The van der Waals surface area contributed by atoms with Crippen LogP contribution in [-0.4, -0.2) is 16.1 Å². The monoisotopic (exact) mass is 998 g/mol. The fraction of sp³-hybridized carbons (Fsp3) is 0.233. The van der Waals surface area contributed by atoms with Gasteiger partial charge >= 0.3 is 0 Å². The first-order valence-corrected chi connectivity index (χ1v) is 32.3. The molecular weight excluding hydrogens is 933 g/mol. The van der Waals surface area contributed by atoms with Crippen molar-refractivity contribution in [2.24, 2.45) is 0 Å². The summed E-state index contributed by atoms with van der Waals surface area (Å²) in [5.74, 6) is 0. The molecule has 15 rings (SSSR count). The minimum absolute atomic E-state index is 0.0777. The summed E-state index contributed by atoms with van der Waals surface area (Å²) in [6.45, 7) is 10.7. The molecule has 0 radical (unpaired) electrons. The third-order valence-electron chi connectivity index (χ3n) is 21.7. The van der Waals surface area contributed by atoms with Crippen LogP contribution in [0.25, 0.3) is 54.9 Å². The van der Waals surface area contributed by atoms with Gasteiger partial charge < -0.3 is 0 Å². The number of benzene rings is 10. The Balaban J connectivity index is 0.844. The predicted molar refractivity (Wildman–Crippen MR) is 324 cm³/mol. The molecule has 2 saturated carbocycles. The van der Waals surface area contributed by atoms with Crippen molar-refractivity contribution in [3.63, 3.8) is 0 Å². The van der Waals surface area contributed by atoms with E-state index in [1.807, 2.05) is 0 Å². The van der Waals surface area contributed by atoms with E-state index in [1.54, 1.807) is 42.2 Å². The standard InChI is InChI=1S/C73H66Si2/c1-70-41-19-21-43-72(70,3)74(55-23-9-5-10-24-55,56-25-11-6-12-26-56)67-39-35-52(48-65(67)70)50-33-37-59-54(45-50)47-64-61-38-34-51(46-63(61)60-31-17-18-32-62(60)69(59)64)53-36-40-68-66(49-53)71(2)42-20-22-44-73(71,4)75(68,57-27-13-7-14-28-57)58-29-15-8-16-30-58/h5-18,23-40,45-46,48-49H,19-22,41-44,47H2,1-4H3. The summed E-state index contributed by atoms with van der Waals surface area (Å²) in [5.41, 5.74) is 14.5. The Labute approximate surface area is 446 Å². The molecular formula is C73H66Si2. The van der Waals surface area contributed by atoms with Crippen LogP contribution in [0.4, 0.5) is 0 Å². The zero-order valence-electron chi connectivity index (χ0n) is 44.1. The van der Waals surface area contributed by atoms with Crippen molar-refractivity contribution in [2.45, 2.75) is 106 Å². The van der Waals surface area contributed by atoms with Crippen LogP contribution in [0.3, 0.4) is 0 Å². The molecule has 0 nitrogen and oxygen atoms in total. The normalized spacial score (nSPS) is 24.5. The van der Waals surface area contributed by atoms with Gasteiger partial charge in [-0.3, -0.25) is 0 Å². The Morgan fingerprint density at radius 1 is 0.333 bits per heavy atom. The van der Waals surface area contributed by atoms with Gasteiger partial charge in [-0.2, -0.15) is 0 Å². The van der Waals surface area contributed by atoms with E-state index < -0.39 is 16.1 Å². The minimum atomic E-state index is -2.49. The highest BCUT2D eigenvalue weighted by Gasteiger charge is 2.70. The summed E-state index contributed by atoms with van der Waals surface area (Å²) < 4.78 is 0. The minimum Gasteiger partial charge on any atom is -0.0624 e. The van der Waals surface area contributed by atoms with E-state index in [4.69, 9.17) is 0 Å². The second-order valence-corrected chi connectivity index (χ2v) is 33.0. The molecule has 2 aliphatic heterocycles. The van der Waals surface area contributed by atoms with Gasteiger partial charge in [-0.25, -0.2) is 0 Å². The van der Waals surface area contributed by atoms with E-state index in [-0.39, 0.29) is 20.9 Å².